The highest BCUT2D eigenvalue weighted by molar-refractivity contribution is 7.99. The maximum Gasteiger partial charge on any atom is 0.321 e. The first-order chi connectivity index (χ1) is 9.65. The van der Waals surface area contributed by atoms with Crippen LogP contribution in [0.15, 0.2) is 18.2 Å². The molecule has 7 heteroatoms. The molecule has 1 saturated heterocycles. The molecule has 1 aromatic carbocycles. The molecule has 20 heavy (non-hydrogen) atoms. The third kappa shape index (κ3) is 3.15. The van der Waals surface area contributed by atoms with Gasteiger partial charge < -0.3 is 14.6 Å². The summed E-state index contributed by atoms with van der Waals surface area (Å²) in [7, 11) is 1.52. The maximum absolute atomic E-state index is 10.9. The fraction of sp³-hybridized carbons (Fsp3) is 0.385. The normalized spacial score (nSPS) is 21.2. The van der Waals surface area contributed by atoms with E-state index in [-0.39, 0.29) is 12.0 Å². The maximum atomic E-state index is 10.9. The van der Waals surface area contributed by atoms with Crippen LogP contribution in [0.4, 0.5) is 0 Å². The highest BCUT2D eigenvalue weighted by Gasteiger charge is 2.30. The van der Waals surface area contributed by atoms with Crippen LogP contribution in [0.1, 0.15) is 10.9 Å². The van der Waals surface area contributed by atoms with Crippen LogP contribution < -0.4 is 14.8 Å². The summed E-state index contributed by atoms with van der Waals surface area (Å²) >= 11 is 1.53. The summed E-state index contributed by atoms with van der Waals surface area (Å²) < 4.78 is 10.5. The Morgan fingerprint density at radius 1 is 1.60 bits per heavy atom. The van der Waals surface area contributed by atoms with Crippen LogP contribution in [0.2, 0.25) is 0 Å². The zero-order chi connectivity index (χ0) is 14.5. The first kappa shape index (κ1) is 14.5. The van der Waals surface area contributed by atoms with E-state index in [1.54, 1.807) is 12.1 Å². The van der Waals surface area contributed by atoms with Crippen molar-refractivity contribution >= 4 is 17.7 Å². The molecular formula is C13H14N2O4S. The van der Waals surface area contributed by atoms with Gasteiger partial charge in [0.15, 0.2) is 18.1 Å². The van der Waals surface area contributed by atoms with E-state index in [2.05, 4.69) is 5.32 Å². The predicted molar refractivity (Wildman–Crippen MR) is 73.9 cm³/mol. The number of nitrogens with one attached hydrogen (secondary N) is 1. The van der Waals surface area contributed by atoms with Gasteiger partial charge in [-0.25, -0.2) is 0 Å². The summed E-state index contributed by atoms with van der Waals surface area (Å²) in [6.07, 6.45) is 0. The molecule has 0 radical (unpaired) electrons. The Kier molecular flexibility index (Phi) is 4.71. The summed E-state index contributed by atoms with van der Waals surface area (Å²) in [5, 5.41) is 20.4. The Morgan fingerprint density at radius 2 is 2.40 bits per heavy atom. The lowest BCUT2D eigenvalue weighted by atomic mass is 10.2. The lowest BCUT2D eigenvalue weighted by Gasteiger charge is -2.14. The second kappa shape index (κ2) is 6.50. The van der Waals surface area contributed by atoms with Gasteiger partial charge in [-0.2, -0.15) is 5.26 Å². The van der Waals surface area contributed by atoms with Crippen LogP contribution in [0.3, 0.4) is 0 Å². The second-order valence-electron chi connectivity index (χ2n) is 4.13. The Balaban J connectivity index is 2.14. The highest BCUT2D eigenvalue weighted by atomic mass is 32.2. The van der Waals surface area contributed by atoms with E-state index in [1.807, 2.05) is 12.1 Å². The third-order valence-corrected chi connectivity index (χ3v) is 4.13. The van der Waals surface area contributed by atoms with Crippen molar-refractivity contribution in [2.75, 3.05) is 19.5 Å². The molecule has 1 heterocycles. The Hall–Kier alpha value is -1.91. The number of nitriles is 1. The van der Waals surface area contributed by atoms with Gasteiger partial charge in [-0.15, -0.1) is 11.8 Å². The van der Waals surface area contributed by atoms with Crippen molar-refractivity contribution in [3.63, 3.8) is 0 Å². The highest BCUT2D eigenvalue weighted by Crippen LogP contribution is 2.37. The largest absolute Gasteiger partial charge is 0.493 e. The average Bonchev–Trinajstić information content (AvgIpc) is 2.95. The molecule has 1 fully saturated rings. The number of ether oxygens (including phenoxy) is 2. The molecule has 0 unspecified atom stereocenters. The molecule has 2 atom stereocenters. The number of thioether (sulfide) groups is 1. The van der Waals surface area contributed by atoms with E-state index < -0.39 is 12.0 Å². The number of rotatable bonds is 5. The van der Waals surface area contributed by atoms with Gasteiger partial charge in [0.25, 0.3) is 0 Å². The molecule has 0 aliphatic carbocycles. The van der Waals surface area contributed by atoms with Gasteiger partial charge in [0.1, 0.15) is 12.1 Å². The van der Waals surface area contributed by atoms with Crippen LogP contribution in [0.25, 0.3) is 0 Å². The number of carbonyl (C=O) groups is 1. The summed E-state index contributed by atoms with van der Waals surface area (Å²) in [6.45, 7) is -0.0484. The van der Waals surface area contributed by atoms with Crippen LogP contribution in [0, 0.1) is 11.3 Å². The van der Waals surface area contributed by atoms with E-state index in [0.717, 1.165) is 5.56 Å². The van der Waals surface area contributed by atoms with Crippen molar-refractivity contribution in [1.82, 2.24) is 5.32 Å². The van der Waals surface area contributed by atoms with Crippen LogP contribution in [-0.4, -0.2) is 36.6 Å². The number of carboxylic acid groups (broad SMARTS) is 1. The minimum atomic E-state index is -0.846. The van der Waals surface area contributed by atoms with E-state index in [4.69, 9.17) is 19.8 Å². The number of carboxylic acids is 1. The first-order valence-corrected chi connectivity index (χ1v) is 6.98. The van der Waals surface area contributed by atoms with E-state index >= 15 is 0 Å². The van der Waals surface area contributed by atoms with Crippen molar-refractivity contribution in [2.45, 2.75) is 11.4 Å². The topological polar surface area (TPSA) is 91.6 Å². The Morgan fingerprint density at radius 3 is 3.00 bits per heavy atom. The third-order valence-electron chi connectivity index (χ3n) is 2.86. The summed E-state index contributed by atoms with van der Waals surface area (Å²) in [5.41, 5.74) is 0.917. The molecule has 0 saturated carbocycles. The van der Waals surface area contributed by atoms with E-state index in [9.17, 15) is 4.79 Å². The van der Waals surface area contributed by atoms with Gasteiger partial charge >= 0.3 is 5.97 Å². The van der Waals surface area contributed by atoms with Crippen molar-refractivity contribution in [2.24, 2.45) is 0 Å². The summed E-state index contributed by atoms with van der Waals surface area (Å²) in [5.74, 6) is 0.699. The SMILES string of the molecule is COc1cc([C@H]2N[C@@H](C(=O)O)CS2)ccc1OCC#N. The van der Waals surface area contributed by atoms with Gasteiger partial charge in [0.2, 0.25) is 0 Å². The number of nitrogens with zero attached hydrogens (tertiary/aromatic N) is 1. The second-order valence-corrected chi connectivity index (χ2v) is 5.27. The van der Waals surface area contributed by atoms with Crippen LogP contribution in [-0.2, 0) is 4.79 Å². The molecule has 0 aromatic heterocycles. The molecule has 2 rings (SSSR count). The van der Waals surface area contributed by atoms with Gasteiger partial charge in [-0.05, 0) is 17.7 Å². The average molecular weight is 294 g/mol. The quantitative estimate of drug-likeness (QED) is 0.847. The molecule has 1 aliphatic heterocycles. The van der Waals surface area contributed by atoms with Crippen molar-refractivity contribution < 1.29 is 19.4 Å². The summed E-state index contributed by atoms with van der Waals surface area (Å²) in [6, 6.07) is 6.71. The van der Waals surface area contributed by atoms with Gasteiger partial charge in [0.05, 0.1) is 12.5 Å². The first-order valence-electron chi connectivity index (χ1n) is 5.94. The monoisotopic (exact) mass is 294 g/mol. The van der Waals surface area contributed by atoms with Crippen molar-refractivity contribution in [1.29, 1.82) is 5.26 Å². The van der Waals surface area contributed by atoms with Gasteiger partial charge in [0, 0.05) is 5.75 Å². The van der Waals surface area contributed by atoms with Crippen LogP contribution in [0.5, 0.6) is 11.5 Å². The van der Waals surface area contributed by atoms with E-state index in [1.165, 1.54) is 18.9 Å². The van der Waals surface area contributed by atoms with E-state index in [0.29, 0.717) is 17.3 Å². The lowest BCUT2D eigenvalue weighted by Crippen LogP contribution is -2.33. The molecule has 0 spiro atoms. The smallest absolute Gasteiger partial charge is 0.321 e. The molecule has 2 N–H and O–H groups in total. The zero-order valence-electron chi connectivity index (χ0n) is 10.8. The predicted octanol–water partition coefficient (Wildman–Crippen LogP) is 1.39. The molecule has 106 valence electrons. The Bertz CT molecular complexity index is 544. The molecule has 0 amide bonds. The number of hydrogen-bond acceptors (Lipinski definition) is 6. The lowest BCUT2D eigenvalue weighted by molar-refractivity contribution is -0.138. The minimum absolute atomic E-state index is 0.0484. The van der Waals surface area contributed by atoms with Gasteiger partial charge in [-0.1, -0.05) is 6.07 Å². The molecule has 1 aliphatic rings. The number of benzene rings is 1. The fourth-order valence-electron chi connectivity index (χ4n) is 1.88. The number of methoxy groups -OCH3 is 1. The molecule has 1 aromatic rings. The number of hydrogen-bond donors (Lipinski definition) is 2. The van der Waals surface area contributed by atoms with Gasteiger partial charge in [-0.3, -0.25) is 10.1 Å². The standard InChI is InChI=1S/C13H14N2O4S/c1-18-11-6-8(2-3-10(11)19-5-4-14)12-15-9(7-20-12)13(16)17/h2-3,6,9,12,15H,5,7H2,1H3,(H,16,17)/t9-,12+/m1/s1. The summed E-state index contributed by atoms with van der Waals surface area (Å²) in [4.78, 5) is 10.9. The van der Waals surface area contributed by atoms with Crippen molar-refractivity contribution in [3.8, 4) is 17.6 Å². The zero-order valence-corrected chi connectivity index (χ0v) is 11.6. The molecule has 0 bridgehead atoms. The minimum Gasteiger partial charge on any atom is -0.493 e. The molecule has 6 nitrogen and oxygen atoms in total. The molecular weight excluding hydrogens is 280 g/mol. The van der Waals surface area contributed by atoms with Crippen molar-refractivity contribution in [3.05, 3.63) is 23.8 Å². The number of aliphatic carboxylic acids is 1. The van der Waals surface area contributed by atoms with Crippen LogP contribution >= 0.6 is 11.8 Å². The fourth-order valence-corrected chi connectivity index (χ4v) is 3.11. The Labute approximate surface area is 120 Å².